The largest absolute Gasteiger partial charge is 0.326 e. The van der Waals surface area contributed by atoms with Gasteiger partial charge in [0.05, 0.1) is 11.9 Å². The van der Waals surface area contributed by atoms with E-state index in [2.05, 4.69) is 20.6 Å². The normalized spacial score (nSPS) is 10.0. The number of carbonyl (C=O) groups excluding carboxylic acids is 2. The summed E-state index contributed by atoms with van der Waals surface area (Å²) >= 11 is 0. The number of hydrogen-bond acceptors (Lipinski definition) is 4. The summed E-state index contributed by atoms with van der Waals surface area (Å²) in [5, 5.41) is 5.34. The van der Waals surface area contributed by atoms with Gasteiger partial charge in [0.1, 0.15) is 5.82 Å². The predicted molar refractivity (Wildman–Crippen MR) is 84.3 cm³/mol. The van der Waals surface area contributed by atoms with Gasteiger partial charge in [-0.3, -0.25) is 14.6 Å². The van der Waals surface area contributed by atoms with Crippen molar-refractivity contribution in [3.05, 3.63) is 30.5 Å². The van der Waals surface area contributed by atoms with E-state index in [0.29, 0.717) is 22.8 Å². The van der Waals surface area contributed by atoms with E-state index in [1.54, 1.807) is 20.1 Å². The first kappa shape index (κ1) is 14.7. The number of rotatable bonds is 3. The lowest BCUT2D eigenvalue weighted by Gasteiger charge is -2.09. The minimum Gasteiger partial charge on any atom is -0.326 e. The zero-order chi connectivity index (χ0) is 15.4. The minimum atomic E-state index is -0.187. The molecular formula is C14H15BN4O2. The molecule has 2 amide bonds. The smallest absolute Gasteiger partial charge is 0.222 e. The van der Waals surface area contributed by atoms with E-state index in [-0.39, 0.29) is 11.8 Å². The van der Waals surface area contributed by atoms with Gasteiger partial charge in [-0.2, -0.15) is 0 Å². The molecule has 21 heavy (non-hydrogen) atoms. The highest BCUT2D eigenvalue weighted by Crippen LogP contribution is 2.20. The molecule has 0 aliphatic heterocycles. The van der Waals surface area contributed by atoms with Crippen molar-refractivity contribution in [2.45, 2.75) is 13.8 Å². The number of anilines is 2. The maximum absolute atomic E-state index is 11.1. The Balaban J connectivity index is 2.32. The second kappa shape index (κ2) is 6.17. The zero-order valence-corrected chi connectivity index (χ0v) is 12.1. The molecule has 2 rings (SSSR count). The van der Waals surface area contributed by atoms with E-state index < -0.39 is 0 Å². The number of nitrogens with one attached hydrogen (secondary N) is 2. The second-order valence-corrected chi connectivity index (χ2v) is 4.63. The topological polar surface area (TPSA) is 84.0 Å². The second-order valence-electron chi connectivity index (χ2n) is 4.63. The van der Waals surface area contributed by atoms with Crippen LogP contribution in [0.4, 0.5) is 11.5 Å². The Morgan fingerprint density at radius 2 is 1.86 bits per heavy atom. The third-order valence-corrected chi connectivity index (χ3v) is 2.72. The molecule has 1 heterocycles. The van der Waals surface area contributed by atoms with Gasteiger partial charge < -0.3 is 10.6 Å². The van der Waals surface area contributed by atoms with Gasteiger partial charge in [0.25, 0.3) is 0 Å². The maximum Gasteiger partial charge on any atom is 0.222 e. The van der Waals surface area contributed by atoms with Crippen LogP contribution in [0.2, 0.25) is 0 Å². The first-order valence-electron chi connectivity index (χ1n) is 6.45. The summed E-state index contributed by atoms with van der Waals surface area (Å²) in [7, 11) is 1.78. The molecule has 6 nitrogen and oxygen atoms in total. The summed E-state index contributed by atoms with van der Waals surface area (Å²) in [5.41, 5.74) is 2.85. The van der Waals surface area contributed by atoms with E-state index in [1.807, 2.05) is 18.2 Å². The van der Waals surface area contributed by atoms with Crippen LogP contribution >= 0.6 is 0 Å². The molecule has 0 saturated carbocycles. The average Bonchev–Trinajstić information content (AvgIpc) is 2.40. The molecule has 0 radical (unpaired) electrons. The Morgan fingerprint density at radius 3 is 2.48 bits per heavy atom. The predicted octanol–water partition coefficient (Wildman–Crippen LogP) is 0.319. The Hall–Kier alpha value is -2.70. The van der Waals surface area contributed by atoms with Gasteiger partial charge in [-0.05, 0) is 12.1 Å². The molecule has 7 heteroatoms. The van der Waals surface area contributed by atoms with Gasteiger partial charge in [-0.15, -0.1) is 0 Å². The average molecular weight is 282 g/mol. The number of hydrogen-bond donors (Lipinski definition) is 2. The quantitative estimate of drug-likeness (QED) is 0.794. The molecule has 2 aromatic rings. The first-order valence-corrected chi connectivity index (χ1v) is 6.45. The van der Waals surface area contributed by atoms with Crippen LogP contribution in [-0.2, 0) is 9.59 Å². The van der Waals surface area contributed by atoms with Gasteiger partial charge in [0, 0.05) is 30.7 Å². The Kier molecular flexibility index (Phi) is 4.32. The van der Waals surface area contributed by atoms with E-state index in [9.17, 15) is 9.59 Å². The molecular weight excluding hydrogens is 267 g/mol. The highest BCUT2D eigenvalue weighted by molar-refractivity contribution is 6.34. The third-order valence-electron chi connectivity index (χ3n) is 2.72. The van der Waals surface area contributed by atoms with Crippen molar-refractivity contribution in [3.8, 4) is 11.3 Å². The van der Waals surface area contributed by atoms with E-state index >= 15 is 0 Å². The standard InChI is InChI=1S/C14H15BN4O2/c1-8(20)17-11-5-3-4-10(6-11)12-7-16-14(13(15)19-12)18-9(2)21/h3-7H,15H2,1-2H3,(H,17,20)(H,16,18,21). The molecule has 0 aliphatic carbocycles. The molecule has 106 valence electrons. The number of nitrogens with zero attached hydrogens (tertiary/aromatic N) is 2. The molecule has 0 atom stereocenters. The lowest BCUT2D eigenvalue weighted by Crippen LogP contribution is -2.21. The van der Waals surface area contributed by atoms with Gasteiger partial charge in [0.15, 0.2) is 7.85 Å². The van der Waals surface area contributed by atoms with E-state index in [4.69, 9.17) is 0 Å². The lowest BCUT2D eigenvalue weighted by molar-refractivity contribution is -0.115. The van der Waals surface area contributed by atoms with Crippen LogP contribution in [0.5, 0.6) is 0 Å². The summed E-state index contributed by atoms with van der Waals surface area (Å²) in [5.74, 6) is 0.132. The maximum atomic E-state index is 11.1. The molecule has 0 aliphatic rings. The fourth-order valence-electron chi connectivity index (χ4n) is 1.87. The molecule has 1 aromatic carbocycles. The van der Waals surface area contributed by atoms with Crippen LogP contribution in [0.25, 0.3) is 11.3 Å². The summed E-state index contributed by atoms with van der Waals surface area (Å²) in [6, 6.07) is 7.34. The fraction of sp³-hybridized carbons (Fsp3) is 0.143. The van der Waals surface area contributed by atoms with Crippen molar-refractivity contribution in [1.29, 1.82) is 0 Å². The molecule has 0 unspecified atom stereocenters. The summed E-state index contributed by atoms with van der Waals surface area (Å²) in [6.45, 7) is 2.88. The van der Waals surface area contributed by atoms with Crippen molar-refractivity contribution in [1.82, 2.24) is 9.97 Å². The Morgan fingerprint density at radius 1 is 1.14 bits per heavy atom. The highest BCUT2D eigenvalue weighted by Gasteiger charge is 2.07. The number of carbonyl (C=O) groups is 2. The SMILES string of the molecule is Bc1nc(-c2cccc(NC(C)=O)c2)cnc1NC(C)=O. The van der Waals surface area contributed by atoms with Crippen LogP contribution in [0.15, 0.2) is 30.5 Å². The zero-order valence-electron chi connectivity index (χ0n) is 12.1. The minimum absolute atomic E-state index is 0.129. The first-order chi connectivity index (χ1) is 9.95. The molecule has 1 aromatic heterocycles. The lowest BCUT2D eigenvalue weighted by atomic mass is 10.0. The van der Waals surface area contributed by atoms with Crippen LogP contribution < -0.4 is 16.2 Å². The van der Waals surface area contributed by atoms with Gasteiger partial charge in [-0.25, -0.2) is 4.98 Å². The molecule has 0 saturated heterocycles. The molecule has 0 spiro atoms. The Bertz CT molecular complexity index is 703. The highest BCUT2D eigenvalue weighted by atomic mass is 16.2. The van der Waals surface area contributed by atoms with Gasteiger partial charge in [-0.1, -0.05) is 12.1 Å². The summed E-state index contributed by atoms with van der Waals surface area (Å²) in [4.78, 5) is 30.8. The number of amides is 2. The van der Waals surface area contributed by atoms with Crippen molar-refractivity contribution in [2.75, 3.05) is 10.6 Å². The molecule has 0 fully saturated rings. The van der Waals surface area contributed by atoms with Crippen LogP contribution in [0.1, 0.15) is 13.8 Å². The van der Waals surface area contributed by atoms with Crippen LogP contribution in [0.3, 0.4) is 0 Å². The molecule has 2 N–H and O–H groups in total. The van der Waals surface area contributed by atoms with Crippen molar-refractivity contribution in [3.63, 3.8) is 0 Å². The monoisotopic (exact) mass is 282 g/mol. The van der Waals surface area contributed by atoms with Crippen molar-refractivity contribution < 1.29 is 9.59 Å². The fourth-order valence-corrected chi connectivity index (χ4v) is 1.87. The third kappa shape index (κ3) is 3.88. The van der Waals surface area contributed by atoms with E-state index in [0.717, 1.165) is 5.56 Å². The summed E-state index contributed by atoms with van der Waals surface area (Å²) in [6.07, 6.45) is 1.59. The van der Waals surface area contributed by atoms with Crippen molar-refractivity contribution >= 4 is 36.8 Å². The van der Waals surface area contributed by atoms with Gasteiger partial charge >= 0.3 is 0 Å². The number of benzene rings is 1. The van der Waals surface area contributed by atoms with Gasteiger partial charge in [0.2, 0.25) is 11.8 Å². The van der Waals surface area contributed by atoms with Crippen molar-refractivity contribution in [2.24, 2.45) is 0 Å². The van der Waals surface area contributed by atoms with E-state index in [1.165, 1.54) is 13.8 Å². The van der Waals surface area contributed by atoms with Crippen LogP contribution in [0, 0.1) is 0 Å². The molecule has 0 bridgehead atoms. The Labute approximate surface area is 123 Å². The summed E-state index contributed by atoms with van der Waals surface area (Å²) < 4.78 is 0. The number of aromatic nitrogens is 2. The van der Waals surface area contributed by atoms with Crippen LogP contribution in [-0.4, -0.2) is 29.6 Å².